The average Bonchev–Trinajstić information content (AvgIpc) is 2.62. The summed E-state index contributed by atoms with van der Waals surface area (Å²) in [5.74, 6) is 0.176. The number of carbonyl (C=O) groups excluding carboxylic acids is 1. The van der Waals surface area contributed by atoms with Crippen LogP contribution in [0.15, 0.2) is 5.51 Å². The third-order valence-corrected chi connectivity index (χ3v) is 3.68. The van der Waals surface area contributed by atoms with Crippen molar-refractivity contribution >= 4 is 17.2 Å². The fraction of sp³-hybridized carbons (Fsp3) is 0.600. The lowest BCUT2D eigenvalue weighted by molar-refractivity contribution is -0.119. The number of hydrogen-bond acceptors (Lipinski definition) is 3. The molecule has 3 nitrogen and oxygen atoms in total. The molecule has 1 fully saturated rings. The molecule has 1 N–H and O–H groups in total. The number of nitrogens with one attached hydrogen (secondary N) is 1. The minimum absolute atomic E-state index is 0.0472. The third-order valence-electron chi connectivity index (χ3n) is 2.74. The smallest absolute Gasteiger partial charge is 0.220 e. The van der Waals surface area contributed by atoms with Gasteiger partial charge in [-0.05, 0) is 20.3 Å². The van der Waals surface area contributed by atoms with Gasteiger partial charge in [0, 0.05) is 23.3 Å². The number of thiazole rings is 1. The van der Waals surface area contributed by atoms with Gasteiger partial charge in [0.05, 0.1) is 11.2 Å². The van der Waals surface area contributed by atoms with Crippen molar-refractivity contribution in [3.63, 3.8) is 0 Å². The zero-order valence-corrected chi connectivity index (χ0v) is 9.28. The molecule has 1 atom stereocenters. The molecule has 0 aromatic carbocycles. The van der Waals surface area contributed by atoms with Crippen molar-refractivity contribution in [2.45, 2.75) is 38.6 Å². The molecular formula is C10H14N2OS. The number of carbonyl (C=O) groups is 1. The van der Waals surface area contributed by atoms with Crippen molar-refractivity contribution in [2.24, 2.45) is 0 Å². The molecule has 1 aromatic heterocycles. The summed E-state index contributed by atoms with van der Waals surface area (Å²) in [6.45, 7) is 4.13. The van der Waals surface area contributed by atoms with E-state index in [2.05, 4.69) is 17.2 Å². The summed E-state index contributed by atoms with van der Waals surface area (Å²) in [6, 6.07) is 0. The Kier molecular flexibility index (Phi) is 2.31. The van der Waals surface area contributed by atoms with Gasteiger partial charge >= 0.3 is 0 Å². The molecule has 14 heavy (non-hydrogen) atoms. The topological polar surface area (TPSA) is 42.0 Å². The molecule has 1 unspecified atom stereocenters. The van der Waals surface area contributed by atoms with Gasteiger partial charge in [0.25, 0.3) is 0 Å². The van der Waals surface area contributed by atoms with E-state index >= 15 is 0 Å². The third kappa shape index (κ3) is 1.80. The van der Waals surface area contributed by atoms with Gasteiger partial charge in [0.1, 0.15) is 0 Å². The molecule has 1 saturated heterocycles. The van der Waals surface area contributed by atoms with E-state index in [1.807, 2.05) is 12.4 Å². The van der Waals surface area contributed by atoms with Crippen molar-refractivity contribution in [1.29, 1.82) is 0 Å². The van der Waals surface area contributed by atoms with Crippen LogP contribution in [0.5, 0.6) is 0 Å². The van der Waals surface area contributed by atoms with E-state index in [1.54, 1.807) is 11.3 Å². The molecule has 1 amide bonds. The lowest BCUT2D eigenvalue weighted by Gasteiger charge is -2.23. The number of nitrogens with zero attached hydrogens (tertiary/aromatic N) is 1. The predicted octanol–water partition coefficient (Wildman–Crippen LogP) is 1.66. The average molecular weight is 210 g/mol. The van der Waals surface area contributed by atoms with E-state index in [9.17, 15) is 4.79 Å². The minimum Gasteiger partial charge on any atom is -0.351 e. The highest BCUT2D eigenvalue weighted by Gasteiger charge is 2.33. The molecule has 2 heterocycles. The Morgan fingerprint density at radius 3 is 3.00 bits per heavy atom. The Morgan fingerprint density at radius 1 is 1.71 bits per heavy atom. The molecule has 0 bridgehead atoms. The number of rotatable bonds is 2. The first-order valence-electron chi connectivity index (χ1n) is 4.79. The second-order valence-electron chi connectivity index (χ2n) is 4.15. The molecule has 1 aliphatic heterocycles. The zero-order valence-electron chi connectivity index (χ0n) is 8.46. The van der Waals surface area contributed by atoms with Crippen molar-refractivity contribution in [3.8, 4) is 0 Å². The van der Waals surface area contributed by atoms with Crippen LogP contribution in [0.4, 0.5) is 0 Å². The van der Waals surface area contributed by atoms with Crippen molar-refractivity contribution in [2.75, 3.05) is 0 Å². The first kappa shape index (κ1) is 9.65. The summed E-state index contributed by atoms with van der Waals surface area (Å²) in [5, 5.41) is 3.04. The van der Waals surface area contributed by atoms with Crippen LogP contribution in [0.3, 0.4) is 0 Å². The van der Waals surface area contributed by atoms with E-state index in [0.717, 1.165) is 18.5 Å². The van der Waals surface area contributed by atoms with E-state index in [-0.39, 0.29) is 11.4 Å². The largest absolute Gasteiger partial charge is 0.351 e. The van der Waals surface area contributed by atoms with Crippen LogP contribution < -0.4 is 5.32 Å². The number of hydrogen-bond donors (Lipinski definition) is 1. The monoisotopic (exact) mass is 210 g/mol. The van der Waals surface area contributed by atoms with Crippen molar-refractivity contribution in [1.82, 2.24) is 10.3 Å². The van der Waals surface area contributed by atoms with Crippen molar-refractivity contribution in [3.05, 3.63) is 16.1 Å². The van der Waals surface area contributed by atoms with Crippen LogP contribution in [0.25, 0.3) is 0 Å². The SMILES string of the molecule is Cc1ncsc1CC1(C)CCC(=O)N1. The normalized spacial score (nSPS) is 26.6. The summed E-state index contributed by atoms with van der Waals surface area (Å²) < 4.78 is 0. The lowest BCUT2D eigenvalue weighted by Crippen LogP contribution is -2.40. The van der Waals surface area contributed by atoms with Gasteiger partial charge in [-0.25, -0.2) is 4.98 Å². The van der Waals surface area contributed by atoms with E-state index in [1.165, 1.54) is 4.88 Å². The minimum atomic E-state index is -0.0472. The van der Waals surface area contributed by atoms with Crippen LogP contribution in [-0.4, -0.2) is 16.4 Å². The molecule has 0 spiro atoms. The molecule has 0 aliphatic carbocycles. The van der Waals surface area contributed by atoms with Crippen LogP contribution in [-0.2, 0) is 11.2 Å². The Bertz CT molecular complexity index is 361. The van der Waals surface area contributed by atoms with Crippen LogP contribution in [0.2, 0.25) is 0 Å². The molecular weight excluding hydrogens is 196 g/mol. The van der Waals surface area contributed by atoms with Gasteiger partial charge in [0.15, 0.2) is 0 Å². The Hall–Kier alpha value is -0.900. The fourth-order valence-corrected chi connectivity index (χ4v) is 2.80. The summed E-state index contributed by atoms with van der Waals surface area (Å²) in [4.78, 5) is 16.7. The highest BCUT2D eigenvalue weighted by Crippen LogP contribution is 2.27. The maximum Gasteiger partial charge on any atom is 0.220 e. The molecule has 4 heteroatoms. The molecule has 0 saturated carbocycles. The number of aromatic nitrogens is 1. The van der Waals surface area contributed by atoms with Gasteiger partial charge in [-0.3, -0.25) is 4.79 Å². The standard InChI is InChI=1S/C10H14N2OS/c1-7-8(14-6-11-7)5-10(2)4-3-9(13)12-10/h6H,3-5H2,1-2H3,(H,12,13). The molecule has 1 aliphatic rings. The highest BCUT2D eigenvalue weighted by atomic mass is 32.1. The van der Waals surface area contributed by atoms with Crippen LogP contribution in [0.1, 0.15) is 30.3 Å². The number of aryl methyl sites for hydroxylation is 1. The maximum absolute atomic E-state index is 11.1. The van der Waals surface area contributed by atoms with Gasteiger partial charge in [-0.2, -0.15) is 0 Å². The van der Waals surface area contributed by atoms with E-state index < -0.39 is 0 Å². The van der Waals surface area contributed by atoms with Gasteiger partial charge in [-0.15, -0.1) is 11.3 Å². The fourth-order valence-electron chi connectivity index (χ4n) is 1.83. The van der Waals surface area contributed by atoms with Crippen molar-refractivity contribution < 1.29 is 4.79 Å². The molecule has 76 valence electrons. The summed E-state index contributed by atoms with van der Waals surface area (Å²) in [7, 11) is 0. The van der Waals surface area contributed by atoms with E-state index in [0.29, 0.717) is 6.42 Å². The zero-order chi connectivity index (χ0) is 10.2. The van der Waals surface area contributed by atoms with Gasteiger partial charge in [0.2, 0.25) is 5.91 Å². The second kappa shape index (κ2) is 3.35. The maximum atomic E-state index is 11.1. The lowest BCUT2D eigenvalue weighted by atomic mass is 9.95. The Morgan fingerprint density at radius 2 is 2.50 bits per heavy atom. The number of amides is 1. The first-order valence-corrected chi connectivity index (χ1v) is 5.67. The Labute approximate surface area is 87.6 Å². The van der Waals surface area contributed by atoms with Gasteiger partial charge < -0.3 is 5.32 Å². The second-order valence-corrected chi connectivity index (χ2v) is 5.09. The van der Waals surface area contributed by atoms with E-state index in [4.69, 9.17) is 0 Å². The first-order chi connectivity index (χ1) is 6.59. The van der Waals surface area contributed by atoms with Crippen LogP contribution in [0, 0.1) is 6.92 Å². The summed E-state index contributed by atoms with van der Waals surface area (Å²) >= 11 is 1.67. The molecule has 2 rings (SSSR count). The van der Waals surface area contributed by atoms with Crippen LogP contribution >= 0.6 is 11.3 Å². The summed E-state index contributed by atoms with van der Waals surface area (Å²) in [5.41, 5.74) is 2.91. The predicted molar refractivity (Wildman–Crippen MR) is 56.3 cm³/mol. The summed E-state index contributed by atoms with van der Waals surface area (Å²) in [6.07, 6.45) is 2.51. The molecule has 0 radical (unpaired) electrons. The quantitative estimate of drug-likeness (QED) is 0.806. The highest BCUT2D eigenvalue weighted by molar-refractivity contribution is 7.09. The molecule has 1 aromatic rings. The Balaban J connectivity index is 2.11. The van der Waals surface area contributed by atoms with Gasteiger partial charge in [-0.1, -0.05) is 0 Å².